The van der Waals surface area contributed by atoms with Crippen molar-refractivity contribution in [3.05, 3.63) is 11.0 Å². The zero-order valence-corrected chi connectivity index (χ0v) is 10.8. The summed E-state index contributed by atoms with van der Waals surface area (Å²) in [6.07, 6.45) is 1.40. The van der Waals surface area contributed by atoms with E-state index in [1.807, 2.05) is 18.7 Å². The van der Waals surface area contributed by atoms with Crippen molar-refractivity contribution in [1.29, 1.82) is 0 Å². The molecule has 94 valence electrons. The third-order valence-electron chi connectivity index (χ3n) is 3.23. The van der Waals surface area contributed by atoms with Crippen LogP contribution in [0.15, 0.2) is 0 Å². The Morgan fingerprint density at radius 2 is 1.94 bits per heavy atom. The number of hydrogen-bond donors (Lipinski definition) is 2. The number of rotatable bonds is 1. The van der Waals surface area contributed by atoms with Crippen LogP contribution in [0.5, 0.6) is 0 Å². The smallest absolute Gasteiger partial charge is 0.224 e. The fourth-order valence-corrected chi connectivity index (χ4v) is 2.18. The minimum atomic E-state index is -0.586. The lowest BCUT2D eigenvalue weighted by Gasteiger charge is -2.36. The number of piperidine rings is 1. The first-order valence-corrected chi connectivity index (χ1v) is 6.04. The van der Waals surface area contributed by atoms with Crippen molar-refractivity contribution >= 4 is 23.1 Å². The van der Waals surface area contributed by atoms with Crippen LogP contribution in [0.2, 0.25) is 5.28 Å². The molecule has 0 saturated carbocycles. The maximum Gasteiger partial charge on any atom is 0.224 e. The summed E-state index contributed by atoms with van der Waals surface area (Å²) in [6.45, 7) is 5.12. The minimum Gasteiger partial charge on any atom is -0.394 e. The molecular weight excluding hydrogens is 240 g/mol. The Hall–Kier alpha value is -1.07. The van der Waals surface area contributed by atoms with E-state index in [1.54, 1.807) is 0 Å². The molecule has 1 saturated heterocycles. The normalized spacial score (nSPS) is 19.4. The molecule has 1 aliphatic heterocycles. The molecule has 0 aromatic carbocycles. The van der Waals surface area contributed by atoms with Crippen LogP contribution < -0.4 is 10.6 Å². The molecule has 1 aromatic rings. The molecule has 17 heavy (non-hydrogen) atoms. The summed E-state index contributed by atoms with van der Waals surface area (Å²) in [7, 11) is 0. The van der Waals surface area contributed by atoms with Gasteiger partial charge in [-0.2, -0.15) is 4.98 Å². The molecule has 0 unspecified atom stereocenters. The summed E-state index contributed by atoms with van der Waals surface area (Å²) < 4.78 is 0. The zero-order chi connectivity index (χ0) is 12.6. The second-order valence-electron chi connectivity index (χ2n) is 4.80. The number of halogens is 1. The third kappa shape index (κ3) is 2.61. The van der Waals surface area contributed by atoms with Crippen molar-refractivity contribution in [2.45, 2.75) is 32.3 Å². The van der Waals surface area contributed by atoms with Crippen LogP contribution in [-0.2, 0) is 0 Å². The molecule has 2 heterocycles. The van der Waals surface area contributed by atoms with Gasteiger partial charge in [0.1, 0.15) is 0 Å². The number of nitrogen functional groups attached to an aromatic ring is 1. The zero-order valence-electron chi connectivity index (χ0n) is 10.1. The first-order chi connectivity index (χ1) is 7.89. The topological polar surface area (TPSA) is 75.3 Å². The van der Waals surface area contributed by atoms with Crippen LogP contribution in [0.1, 0.15) is 25.5 Å². The summed E-state index contributed by atoms with van der Waals surface area (Å²) in [4.78, 5) is 10.2. The first kappa shape index (κ1) is 12.4. The number of aryl methyl sites for hydroxylation is 1. The summed E-state index contributed by atoms with van der Waals surface area (Å²) in [6, 6.07) is 0. The monoisotopic (exact) mass is 256 g/mol. The number of nitrogens with zero attached hydrogens (tertiary/aromatic N) is 3. The van der Waals surface area contributed by atoms with Gasteiger partial charge in [-0.3, -0.25) is 0 Å². The highest BCUT2D eigenvalue weighted by Gasteiger charge is 2.29. The van der Waals surface area contributed by atoms with E-state index in [0.29, 0.717) is 30.0 Å². The van der Waals surface area contributed by atoms with Crippen LogP contribution in [0.4, 0.5) is 11.5 Å². The molecule has 0 radical (unpaired) electrons. The van der Waals surface area contributed by atoms with Crippen molar-refractivity contribution in [2.24, 2.45) is 0 Å². The number of hydrogen-bond acceptors (Lipinski definition) is 5. The number of aromatic nitrogens is 2. The van der Waals surface area contributed by atoms with Crippen molar-refractivity contribution in [1.82, 2.24) is 9.97 Å². The van der Waals surface area contributed by atoms with Gasteiger partial charge in [0.2, 0.25) is 5.28 Å². The number of nitrogens with two attached hydrogens (primary N) is 1. The van der Waals surface area contributed by atoms with Crippen LogP contribution in [0.3, 0.4) is 0 Å². The van der Waals surface area contributed by atoms with Gasteiger partial charge in [0.25, 0.3) is 0 Å². The Morgan fingerprint density at radius 3 is 2.53 bits per heavy atom. The van der Waals surface area contributed by atoms with Gasteiger partial charge in [0.15, 0.2) is 5.82 Å². The van der Waals surface area contributed by atoms with Crippen molar-refractivity contribution in [2.75, 3.05) is 23.7 Å². The predicted molar refractivity (Wildman–Crippen MR) is 68.3 cm³/mol. The van der Waals surface area contributed by atoms with Gasteiger partial charge in [-0.15, -0.1) is 0 Å². The molecule has 0 aliphatic carbocycles. The summed E-state index contributed by atoms with van der Waals surface area (Å²) in [5.41, 5.74) is 6.63. The second kappa shape index (κ2) is 4.31. The van der Waals surface area contributed by atoms with E-state index in [2.05, 4.69) is 9.97 Å². The van der Waals surface area contributed by atoms with E-state index in [1.165, 1.54) is 0 Å². The Kier molecular flexibility index (Phi) is 3.14. The molecule has 2 rings (SSSR count). The van der Waals surface area contributed by atoms with Gasteiger partial charge in [-0.25, -0.2) is 4.98 Å². The van der Waals surface area contributed by atoms with E-state index >= 15 is 0 Å². The van der Waals surface area contributed by atoms with Gasteiger partial charge < -0.3 is 15.7 Å². The Labute approximate surface area is 106 Å². The van der Waals surface area contributed by atoms with Crippen molar-refractivity contribution < 1.29 is 5.11 Å². The van der Waals surface area contributed by atoms with Gasteiger partial charge in [0, 0.05) is 13.1 Å². The average molecular weight is 257 g/mol. The maximum absolute atomic E-state index is 9.90. The molecule has 0 amide bonds. The molecule has 6 heteroatoms. The van der Waals surface area contributed by atoms with Gasteiger partial charge in [0.05, 0.1) is 17.0 Å². The lowest BCUT2D eigenvalue weighted by molar-refractivity contribution is 0.0350. The molecule has 3 N–H and O–H groups in total. The van der Waals surface area contributed by atoms with E-state index in [4.69, 9.17) is 17.3 Å². The van der Waals surface area contributed by atoms with Crippen LogP contribution in [0.25, 0.3) is 0 Å². The molecular formula is C11H17ClN4O. The first-order valence-electron chi connectivity index (χ1n) is 5.66. The highest BCUT2D eigenvalue weighted by atomic mass is 35.5. The highest BCUT2D eigenvalue weighted by Crippen LogP contribution is 2.29. The quantitative estimate of drug-likeness (QED) is 0.743. The van der Waals surface area contributed by atoms with E-state index in [9.17, 15) is 5.11 Å². The van der Waals surface area contributed by atoms with E-state index < -0.39 is 5.60 Å². The third-order valence-corrected chi connectivity index (χ3v) is 3.40. The Morgan fingerprint density at radius 1 is 1.35 bits per heavy atom. The molecule has 1 aromatic heterocycles. The molecule has 0 atom stereocenters. The molecule has 5 nitrogen and oxygen atoms in total. The standard InChI is InChI=1S/C11H17ClN4O/c1-7-8(13)9(15-10(12)14-7)16-5-3-11(2,17)4-6-16/h17H,3-6,13H2,1-2H3. The largest absolute Gasteiger partial charge is 0.394 e. The fourth-order valence-electron chi connectivity index (χ4n) is 1.97. The van der Waals surface area contributed by atoms with Gasteiger partial charge in [-0.05, 0) is 38.3 Å². The fraction of sp³-hybridized carbons (Fsp3) is 0.636. The summed E-state index contributed by atoms with van der Waals surface area (Å²) >= 11 is 5.84. The minimum absolute atomic E-state index is 0.212. The molecule has 0 bridgehead atoms. The number of anilines is 2. The number of aliphatic hydroxyl groups is 1. The molecule has 0 spiro atoms. The predicted octanol–water partition coefficient (Wildman–Crippen LogP) is 1.37. The average Bonchev–Trinajstić information content (AvgIpc) is 2.24. The van der Waals surface area contributed by atoms with Crippen molar-refractivity contribution in [3.63, 3.8) is 0 Å². The second-order valence-corrected chi connectivity index (χ2v) is 5.14. The SMILES string of the molecule is Cc1nc(Cl)nc(N2CCC(C)(O)CC2)c1N. The summed E-state index contributed by atoms with van der Waals surface area (Å²) in [5, 5.41) is 10.1. The van der Waals surface area contributed by atoms with Gasteiger partial charge in [-0.1, -0.05) is 0 Å². The lowest BCUT2D eigenvalue weighted by atomic mass is 9.94. The Bertz CT molecular complexity index is 426. The van der Waals surface area contributed by atoms with Gasteiger partial charge >= 0.3 is 0 Å². The Balaban J connectivity index is 2.24. The lowest BCUT2D eigenvalue weighted by Crippen LogP contribution is -2.43. The van der Waals surface area contributed by atoms with Crippen LogP contribution >= 0.6 is 11.6 Å². The maximum atomic E-state index is 9.90. The van der Waals surface area contributed by atoms with Crippen LogP contribution in [0, 0.1) is 6.92 Å². The summed E-state index contributed by atoms with van der Waals surface area (Å²) in [5.74, 6) is 0.679. The van der Waals surface area contributed by atoms with E-state index in [0.717, 1.165) is 13.1 Å². The highest BCUT2D eigenvalue weighted by molar-refractivity contribution is 6.28. The molecule has 1 fully saturated rings. The van der Waals surface area contributed by atoms with Crippen molar-refractivity contribution in [3.8, 4) is 0 Å². The van der Waals surface area contributed by atoms with Crippen LogP contribution in [-0.4, -0.2) is 33.8 Å². The molecule has 1 aliphatic rings. The van der Waals surface area contributed by atoms with E-state index in [-0.39, 0.29) is 5.28 Å².